The van der Waals surface area contributed by atoms with Crippen molar-refractivity contribution in [3.63, 3.8) is 0 Å². The Bertz CT molecular complexity index is 1340. The highest BCUT2D eigenvalue weighted by Gasteiger charge is 2.33. The van der Waals surface area contributed by atoms with Crippen LogP contribution in [0.4, 0.5) is 0 Å². The Morgan fingerprint density at radius 1 is 0.809 bits per heavy atom. The molecule has 4 amide bonds. The van der Waals surface area contributed by atoms with Crippen LogP contribution < -0.4 is 27.0 Å². The van der Waals surface area contributed by atoms with Gasteiger partial charge >= 0.3 is 11.9 Å². The first-order chi connectivity index (χ1) is 22.2. The number of benzene rings is 1. The number of carbonyl (C=O) groups excluding carboxylic acids is 4. The summed E-state index contributed by atoms with van der Waals surface area (Å²) in [5, 5.41) is 42.3. The molecule has 2 rings (SSSR count). The van der Waals surface area contributed by atoms with Crippen LogP contribution in [-0.4, -0.2) is 96.6 Å². The highest BCUT2D eigenvalue weighted by Crippen LogP contribution is 2.10. The summed E-state index contributed by atoms with van der Waals surface area (Å²) in [4.78, 5) is 76.2. The molecule has 2 aromatic rings. The number of nitrogens with two attached hydrogens (primary N) is 1. The van der Waals surface area contributed by atoms with Gasteiger partial charge in [0, 0.05) is 12.8 Å². The number of amides is 4. The van der Waals surface area contributed by atoms with Gasteiger partial charge in [-0.05, 0) is 43.1 Å². The first-order valence-electron chi connectivity index (χ1n) is 15.4. The third-order valence-electron chi connectivity index (χ3n) is 7.16. The molecule has 1 aromatic carbocycles. The molecule has 0 spiro atoms. The molecule has 0 saturated heterocycles. The lowest BCUT2D eigenvalue weighted by Gasteiger charge is -2.27. The number of carbonyl (C=O) groups is 6. The number of hydrogen-bond donors (Lipinski definition) is 8. The van der Waals surface area contributed by atoms with Crippen molar-refractivity contribution in [2.45, 2.75) is 96.4 Å². The van der Waals surface area contributed by atoms with Crippen molar-refractivity contribution >= 4 is 35.6 Å². The fourth-order valence-electron chi connectivity index (χ4n) is 4.62. The average molecular weight is 660 g/mol. The van der Waals surface area contributed by atoms with E-state index in [1.54, 1.807) is 13.8 Å². The molecule has 0 radical (unpaired) electrons. The molecule has 5 atom stereocenters. The van der Waals surface area contributed by atoms with E-state index in [1.165, 1.54) is 0 Å². The number of H-pyrrole nitrogens is 1. The minimum Gasteiger partial charge on any atom is -0.481 e. The van der Waals surface area contributed by atoms with Gasteiger partial charge in [-0.15, -0.1) is 10.2 Å². The number of aromatic nitrogens is 4. The maximum absolute atomic E-state index is 13.6. The van der Waals surface area contributed by atoms with Crippen LogP contribution in [0.15, 0.2) is 30.3 Å². The van der Waals surface area contributed by atoms with Gasteiger partial charge in [-0.3, -0.25) is 24.0 Å². The number of carboxylic acid groups (broad SMARTS) is 2. The third-order valence-corrected chi connectivity index (χ3v) is 7.16. The number of aliphatic carboxylic acids is 2. The zero-order chi connectivity index (χ0) is 35.1. The fourth-order valence-corrected chi connectivity index (χ4v) is 4.62. The Morgan fingerprint density at radius 3 is 1.91 bits per heavy atom. The molecule has 9 N–H and O–H groups in total. The Kier molecular flexibility index (Phi) is 15.4. The summed E-state index contributed by atoms with van der Waals surface area (Å²) in [7, 11) is 0. The van der Waals surface area contributed by atoms with E-state index in [4.69, 9.17) is 5.73 Å². The summed E-state index contributed by atoms with van der Waals surface area (Å²) in [6, 6.07) is 3.07. The smallest absolute Gasteiger partial charge is 0.326 e. The van der Waals surface area contributed by atoms with Gasteiger partial charge in [-0.25, -0.2) is 4.79 Å². The topological polar surface area (TPSA) is 271 Å². The number of nitrogens with one attached hydrogen (secondary N) is 5. The lowest BCUT2D eigenvalue weighted by molar-refractivity contribution is -0.144. The zero-order valence-electron chi connectivity index (χ0n) is 26.9. The van der Waals surface area contributed by atoms with Gasteiger partial charge in [-0.1, -0.05) is 63.2 Å². The molecule has 0 unspecified atom stereocenters. The van der Waals surface area contributed by atoms with Crippen LogP contribution in [0.3, 0.4) is 0 Å². The Morgan fingerprint density at radius 2 is 1.38 bits per heavy atom. The molecular formula is C30H45N9O8. The number of tetrazole rings is 1. The molecule has 1 aromatic heterocycles. The van der Waals surface area contributed by atoms with Crippen molar-refractivity contribution in [1.29, 1.82) is 0 Å². The largest absolute Gasteiger partial charge is 0.481 e. The predicted octanol–water partition coefficient (Wildman–Crippen LogP) is -0.707. The predicted molar refractivity (Wildman–Crippen MR) is 167 cm³/mol. The molecule has 0 aliphatic heterocycles. The first kappa shape index (κ1) is 38.3. The van der Waals surface area contributed by atoms with Crippen molar-refractivity contribution in [1.82, 2.24) is 41.9 Å². The molecule has 17 heteroatoms. The molecule has 0 aliphatic carbocycles. The maximum atomic E-state index is 13.6. The van der Waals surface area contributed by atoms with Gasteiger partial charge in [0.2, 0.25) is 23.6 Å². The van der Waals surface area contributed by atoms with E-state index in [9.17, 15) is 39.0 Å². The molecule has 0 saturated carbocycles. The Hall–Kier alpha value is -4.93. The number of aryl methyl sites for hydroxylation is 1. The summed E-state index contributed by atoms with van der Waals surface area (Å²) < 4.78 is 0. The maximum Gasteiger partial charge on any atom is 0.326 e. The van der Waals surface area contributed by atoms with E-state index in [1.807, 2.05) is 44.2 Å². The quantitative estimate of drug-likeness (QED) is 0.0876. The van der Waals surface area contributed by atoms with Gasteiger partial charge in [0.15, 0.2) is 5.82 Å². The second-order valence-electron chi connectivity index (χ2n) is 12.0. The first-order valence-corrected chi connectivity index (χ1v) is 15.4. The Balaban J connectivity index is 2.26. The lowest BCUT2D eigenvalue weighted by atomic mass is 10.0. The van der Waals surface area contributed by atoms with Crippen molar-refractivity contribution < 1.29 is 39.0 Å². The van der Waals surface area contributed by atoms with Crippen LogP contribution >= 0.6 is 0 Å². The second kappa shape index (κ2) is 18.9. The van der Waals surface area contributed by atoms with Crippen LogP contribution in [0.1, 0.15) is 64.8 Å². The molecule has 0 fully saturated rings. The van der Waals surface area contributed by atoms with Gasteiger partial charge < -0.3 is 37.2 Å². The lowest BCUT2D eigenvalue weighted by Crippen LogP contribution is -2.59. The van der Waals surface area contributed by atoms with Crippen LogP contribution in [0.25, 0.3) is 0 Å². The molecule has 0 bridgehead atoms. The minimum absolute atomic E-state index is 0.0461. The molecule has 258 valence electrons. The number of aromatic amines is 1. The Labute approximate surface area is 272 Å². The molecular weight excluding hydrogens is 614 g/mol. The second-order valence-corrected chi connectivity index (χ2v) is 12.0. The van der Waals surface area contributed by atoms with Gasteiger partial charge in [-0.2, -0.15) is 5.21 Å². The van der Waals surface area contributed by atoms with Crippen molar-refractivity contribution in [2.75, 3.05) is 0 Å². The molecule has 47 heavy (non-hydrogen) atoms. The van der Waals surface area contributed by atoms with E-state index in [-0.39, 0.29) is 43.8 Å². The monoisotopic (exact) mass is 659 g/mol. The number of hydrogen-bond acceptors (Lipinski definition) is 10. The number of nitrogens with zero attached hydrogens (tertiary/aromatic N) is 3. The molecule has 0 aliphatic rings. The number of carboxylic acids is 2. The van der Waals surface area contributed by atoms with E-state index in [2.05, 4.69) is 41.9 Å². The third kappa shape index (κ3) is 13.5. The SMILES string of the molecule is CC(C)C[C@H](NC(=O)[C@@H](N)Cc1ccccc1)C(=O)N[C@@H](CCc1nn[nH]n1)C(=O)N[C@@H](CCC(=O)O)C(=O)N[C@H](C(=O)O)C(C)C. The molecule has 17 nitrogen and oxygen atoms in total. The van der Waals surface area contributed by atoms with Crippen molar-refractivity contribution in [2.24, 2.45) is 17.6 Å². The van der Waals surface area contributed by atoms with E-state index >= 15 is 0 Å². The highest BCUT2D eigenvalue weighted by molar-refractivity contribution is 5.95. The summed E-state index contributed by atoms with van der Waals surface area (Å²) in [5.41, 5.74) is 6.97. The fraction of sp³-hybridized carbons (Fsp3) is 0.567. The number of rotatable bonds is 20. The minimum atomic E-state index is -1.44. The summed E-state index contributed by atoms with van der Waals surface area (Å²) >= 11 is 0. The summed E-state index contributed by atoms with van der Waals surface area (Å²) in [6.07, 6.45) is -0.415. The van der Waals surface area contributed by atoms with Gasteiger partial charge in [0.05, 0.1) is 6.04 Å². The summed E-state index contributed by atoms with van der Waals surface area (Å²) in [6.45, 7) is 6.86. The standard InChI is InChI=1S/C30H45N9O8/c1-16(2)14-22(34-26(42)19(31)15-18-8-6-5-7-9-18)29(45)33-20(10-12-23-36-38-39-37-23)27(43)32-21(11-13-24(40)41)28(44)35-25(17(3)4)30(46)47/h5-9,16-17,19-22,25H,10-15,31H2,1-4H3,(H,32,43)(H,33,45)(H,34,42)(H,35,44)(H,40,41)(H,46,47)(H,36,37,38,39)/t19-,20-,21-,22-,25-/m0/s1. The van der Waals surface area contributed by atoms with E-state index in [0.29, 0.717) is 0 Å². The van der Waals surface area contributed by atoms with Crippen LogP contribution in [0.5, 0.6) is 0 Å². The summed E-state index contributed by atoms with van der Waals surface area (Å²) in [5.74, 6) is -5.87. The van der Waals surface area contributed by atoms with E-state index in [0.717, 1.165) is 5.56 Å². The average Bonchev–Trinajstić information content (AvgIpc) is 3.52. The van der Waals surface area contributed by atoms with Crippen LogP contribution in [-0.2, 0) is 41.6 Å². The highest BCUT2D eigenvalue weighted by atomic mass is 16.4. The van der Waals surface area contributed by atoms with Crippen molar-refractivity contribution in [3.8, 4) is 0 Å². The van der Waals surface area contributed by atoms with Crippen molar-refractivity contribution in [3.05, 3.63) is 41.7 Å². The van der Waals surface area contributed by atoms with Crippen LogP contribution in [0.2, 0.25) is 0 Å². The van der Waals surface area contributed by atoms with Gasteiger partial charge in [0.25, 0.3) is 0 Å². The van der Waals surface area contributed by atoms with Crippen LogP contribution in [0, 0.1) is 11.8 Å². The van der Waals surface area contributed by atoms with Gasteiger partial charge in [0.1, 0.15) is 24.2 Å². The molecule has 1 heterocycles. The van der Waals surface area contributed by atoms with E-state index < -0.39 is 78.1 Å². The zero-order valence-corrected chi connectivity index (χ0v) is 26.9. The normalized spacial score (nSPS) is 14.4.